The molecule has 0 N–H and O–H groups in total. The number of hydrogen-bond donors (Lipinski definition) is 0. The van der Waals surface area contributed by atoms with Gasteiger partial charge in [0, 0.05) is 19.5 Å². The van der Waals surface area contributed by atoms with Gasteiger partial charge in [-0.15, -0.1) is 0 Å². The topological polar surface area (TPSA) is 86.8 Å². The predicted octanol–water partition coefficient (Wildman–Crippen LogP) is 2.97. The van der Waals surface area contributed by atoms with E-state index in [1.165, 1.54) is 0 Å². The molecular formula is C21H23N3O4. The van der Waals surface area contributed by atoms with Gasteiger partial charge in [-0.3, -0.25) is 9.59 Å². The van der Waals surface area contributed by atoms with E-state index in [-0.39, 0.29) is 31.2 Å². The van der Waals surface area contributed by atoms with Crippen LogP contribution in [0.5, 0.6) is 5.75 Å². The van der Waals surface area contributed by atoms with Crippen LogP contribution in [-0.4, -0.2) is 36.4 Å². The van der Waals surface area contributed by atoms with E-state index in [0.717, 1.165) is 0 Å². The number of rotatable bonds is 8. The summed E-state index contributed by atoms with van der Waals surface area (Å²) in [6.45, 7) is 3.26. The second-order valence-corrected chi connectivity index (χ2v) is 6.55. The monoisotopic (exact) mass is 381 g/mol. The molecule has 2 aromatic rings. The van der Waals surface area contributed by atoms with Gasteiger partial charge in [0.1, 0.15) is 11.5 Å². The minimum Gasteiger partial charge on any atom is -0.492 e. The summed E-state index contributed by atoms with van der Waals surface area (Å²) in [4.78, 5) is 28.9. The maximum absolute atomic E-state index is 13.1. The van der Waals surface area contributed by atoms with Crippen LogP contribution < -0.4 is 9.64 Å². The zero-order valence-corrected chi connectivity index (χ0v) is 15.8. The van der Waals surface area contributed by atoms with E-state index in [4.69, 9.17) is 14.4 Å². The molecule has 1 aliphatic heterocycles. The summed E-state index contributed by atoms with van der Waals surface area (Å²) in [7, 11) is 0. The third-order valence-electron chi connectivity index (χ3n) is 4.66. The van der Waals surface area contributed by atoms with E-state index in [1.54, 1.807) is 28.2 Å². The summed E-state index contributed by atoms with van der Waals surface area (Å²) in [6.07, 6.45) is 1.91. The fraction of sp³-hybridized carbons (Fsp3) is 0.381. The van der Waals surface area contributed by atoms with Crippen LogP contribution >= 0.6 is 0 Å². The zero-order chi connectivity index (χ0) is 19.9. The standard InChI is InChI=1S/C21H23N3O4/c1-2-27-19-9-4-3-8-18(19)24-14-16(13-20(24)25)21(26)23(11-6-10-22)15-17-7-5-12-28-17/h3-5,7-9,12,16H,2,6,11,13-15H2,1H3. The minimum absolute atomic E-state index is 0.108. The Bertz CT molecular complexity index is 857. The molecule has 1 fully saturated rings. The number of carbonyl (C=O) groups is 2. The first-order valence-electron chi connectivity index (χ1n) is 9.34. The van der Waals surface area contributed by atoms with Crippen LogP contribution in [0.25, 0.3) is 0 Å². The average molecular weight is 381 g/mol. The molecule has 28 heavy (non-hydrogen) atoms. The molecule has 1 aromatic heterocycles. The third-order valence-corrected chi connectivity index (χ3v) is 4.66. The van der Waals surface area contributed by atoms with E-state index in [0.29, 0.717) is 36.9 Å². The van der Waals surface area contributed by atoms with Crippen molar-refractivity contribution in [3.63, 3.8) is 0 Å². The Balaban J connectivity index is 1.75. The molecule has 2 amide bonds. The van der Waals surface area contributed by atoms with Crippen molar-refractivity contribution in [2.45, 2.75) is 26.3 Å². The highest BCUT2D eigenvalue weighted by Gasteiger charge is 2.38. The van der Waals surface area contributed by atoms with Crippen molar-refractivity contribution in [1.82, 2.24) is 4.90 Å². The summed E-state index contributed by atoms with van der Waals surface area (Å²) in [5.74, 6) is 0.563. The lowest BCUT2D eigenvalue weighted by atomic mass is 10.1. The van der Waals surface area contributed by atoms with Gasteiger partial charge in [0.2, 0.25) is 11.8 Å². The van der Waals surface area contributed by atoms with Crippen LogP contribution in [0, 0.1) is 17.2 Å². The Hall–Kier alpha value is -3.27. The van der Waals surface area contributed by atoms with Crippen molar-refractivity contribution in [2.24, 2.45) is 5.92 Å². The fourth-order valence-corrected chi connectivity index (χ4v) is 3.36. The fourth-order valence-electron chi connectivity index (χ4n) is 3.36. The van der Waals surface area contributed by atoms with Crippen LogP contribution in [0.1, 0.15) is 25.5 Å². The van der Waals surface area contributed by atoms with E-state index in [9.17, 15) is 9.59 Å². The van der Waals surface area contributed by atoms with Gasteiger partial charge in [-0.1, -0.05) is 12.1 Å². The molecular weight excluding hydrogens is 358 g/mol. The summed E-state index contributed by atoms with van der Waals surface area (Å²) in [6, 6.07) is 13.0. The minimum atomic E-state index is -0.462. The van der Waals surface area contributed by atoms with Crippen LogP contribution in [0.4, 0.5) is 5.69 Å². The molecule has 146 valence electrons. The van der Waals surface area contributed by atoms with Gasteiger partial charge in [0.05, 0.1) is 43.5 Å². The number of hydrogen-bond acceptors (Lipinski definition) is 5. The maximum Gasteiger partial charge on any atom is 0.228 e. The lowest BCUT2D eigenvalue weighted by molar-refractivity contribution is -0.136. The van der Waals surface area contributed by atoms with Crippen molar-refractivity contribution in [1.29, 1.82) is 5.26 Å². The molecule has 7 nitrogen and oxygen atoms in total. The quantitative estimate of drug-likeness (QED) is 0.702. The second-order valence-electron chi connectivity index (χ2n) is 6.55. The largest absolute Gasteiger partial charge is 0.492 e. The number of furan rings is 1. The maximum atomic E-state index is 13.1. The summed E-state index contributed by atoms with van der Waals surface area (Å²) >= 11 is 0. The van der Waals surface area contributed by atoms with Gasteiger partial charge in [-0.25, -0.2) is 0 Å². The van der Waals surface area contributed by atoms with Gasteiger partial charge in [0.25, 0.3) is 0 Å². The number of benzene rings is 1. The SMILES string of the molecule is CCOc1ccccc1N1CC(C(=O)N(CCC#N)Cc2ccco2)CC1=O. The molecule has 0 radical (unpaired) electrons. The highest BCUT2D eigenvalue weighted by Crippen LogP contribution is 2.33. The van der Waals surface area contributed by atoms with Crippen molar-refractivity contribution in [3.05, 3.63) is 48.4 Å². The first-order valence-corrected chi connectivity index (χ1v) is 9.34. The van der Waals surface area contributed by atoms with E-state index >= 15 is 0 Å². The lowest BCUT2D eigenvalue weighted by Gasteiger charge is -2.24. The third kappa shape index (κ3) is 4.34. The molecule has 1 atom stereocenters. The first-order chi connectivity index (χ1) is 13.6. The Labute approximate surface area is 164 Å². The van der Waals surface area contributed by atoms with Crippen molar-refractivity contribution >= 4 is 17.5 Å². The van der Waals surface area contributed by atoms with Crippen molar-refractivity contribution in [3.8, 4) is 11.8 Å². The molecule has 7 heteroatoms. The molecule has 0 saturated carbocycles. The van der Waals surface area contributed by atoms with E-state index in [2.05, 4.69) is 6.07 Å². The Kier molecular flexibility index (Phi) is 6.33. The number of anilines is 1. The molecule has 0 aliphatic carbocycles. The van der Waals surface area contributed by atoms with Crippen molar-refractivity contribution < 1.29 is 18.7 Å². The normalized spacial score (nSPS) is 16.1. The van der Waals surface area contributed by atoms with Crippen molar-refractivity contribution in [2.75, 3.05) is 24.6 Å². The molecule has 0 bridgehead atoms. The van der Waals surface area contributed by atoms with Gasteiger partial charge in [-0.2, -0.15) is 5.26 Å². The van der Waals surface area contributed by atoms with Crippen LogP contribution in [-0.2, 0) is 16.1 Å². The van der Waals surface area contributed by atoms with Crippen LogP contribution in [0.2, 0.25) is 0 Å². The smallest absolute Gasteiger partial charge is 0.228 e. The van der Waals surface area contributed by atoms with Crippen LogP contribution in [0.15, 0.2) is 47.1 Å². The number of nitriles is 1. The number of nitrogens with zero attached hydrogens (tertiary/aromatic N) is 3. The predicted molar refractivity (Wildman–Crippen MR) is 102 cm³/mol. The average Bonchev–Trinajstić information content (AvgIpc) is 3.35. The Morgan fingerprint density at radius 3 is 2.89 bits per heavy atom. The second kappa shape index (κ2) is 9.09. The highest BCUT2D eigenvalue weighted by molar-refractivity contribution is 6.01. The Morgan fingerprint density at radius 2 is 2.18 bits per heavy atom. The molecule has 2 heterocycles. The molecule has 1 saturated heterocycles. The Morgan fingerprint density at radius 1 is 1.36 bits per heavy atom. The van der Waals surface area contributed by atoms with E-state index in [1.807, 2.05) is 31.2 Å². The van der Waals surface area contributed by atoms with Gasteiger partial charge in [-0.05, 0) is 31.2 Å². The number of carbonyl (C=O) groups excluding carboxylic acids is 2. The molecule has 1 unspecified atom stereocenters. The number of ether oxygens (including phenoxy) is 1. The number of amides is 2. The van der Waals surface area contributed by atoms with Crippen LogP contribution in [0.3, 0.4) is 0 Å². The first kappa shape index (κ1) is 19.5. The highest BCUT2D eigenvalue weighted by atomic mass is 16.5. The zero-order valence-electron chi connectivity index (χ0n) is 15.8. The lowest BCUT2D eigenvalue weighted by Crippen LogP contribution is -2.37. The summed E-state index contributed by atoms with van der Waals surface area (Å²) in [5.41, 5.74) is 0.680. The van der Waals surface area contributed by atoms with Gasteiger partial charge >= 0.3 is 0 Å². The molecule has 1 aliphatic rings. The van der Waals surface area contributed by atoms with Gasteiger partial charge in [0.15, 0.2) is 0 Å². The summed E-state index contributed by atoms with van der Waals surface area (Å²) in [5, 5.41) is 8.91. The van der Waals surface area contributed by atoms with Gasteiger partial charge < -0.3 is 19.0 Å². The summed E-state index contributed by atoms with van der Waals surface area (Å²) < 4.78 is 11.0. The molecule has 1 aromatic carbocycles. The van der Waals surface area contributed by atoms with E-state index < -0.39 is 5.92 Å². The molecule has 3 rings (SSSR count). The molecule has 0 spiro atoms. The number of para-hydroxylation sites is 2.